The zero-order valence-electron chi connectivity index (χ0n) is 12.0. The third kappa shape index (κ3) is 5.55. The van der Waals surface area contributed by atoms with Crippen LogP contribution in [0, 0.1) is 0 Å². The molecule has 0 aromatic heterocycles. The Bertz CT molecular complexity index is 416. The summed E-state index contributed by atoms with van der Waals surface area (Å²) in [7, 11) is -0.426. The first-order chi connectivity index (χ1) is 8.95. The molecule has 1 aromatic rings. The normalized spacial score (nSPS) is 11.4. The average molecular weight is 280 g/mol. The van der Waals surface area contributed by atoms with Gasteiger partial charge in [0.15, 0.2) is 0 Å². The Hall–Kier alpha value is -1.17. The molecule has 0 aliphatic rings. The molecule has 5 heteroatoms. The molecule has 1 rings (SSSR count). The summed E-state index contributed by atoms with van der Waals surface area (Å²) in [6.45, 7) is 5.35. The lowest BCUT2D eigenvalue weighted by molar-refractivity contribution is 0.0953. The fraction of sp³-hybridized carbons (Fsp3) is 0.500. The van der Waals surface area contributed by atoms with Crippen LogP contribution in [0.2, 0.25) is 13.1 Å². The summed E-state index contributed by atoms with van der Waals surface area (Å²) in [5, 5.41) is 6.86. The molecule has 1 amide bonds. The van der Waals surface area contributed by atoms with E-state index in [-0.39, 0.29) is 5.91 Å². The minimum Gasteiger partial charge on any atom is -0.428 e. The molecule has 0 saturated carbocycles. The lowest BCUT2D eigenvalue weighted by Gasteiger charge is -2.15. The molecule has 0 heterocycles. The SMILES string of the molecule is CNCCCCNC(=O)c1cccc([Si](C)(C)O)c1. The molecule has 1 aromatic carbocycles. The van der Waals surface area contributed by atoms with Crippen molar-refractivity contribution in [3.8, 4) is 0 Å². The molecule has 0 saturated heterocycles. The number of nitrogens with one attached hydrogen (secondary N) is 2. The molecular weight excluding hydrogens is 256 g/mol. The van der Waals surface area contributed by atoms with E-state index in [9.17, 15) is 9.59 Å². The van der Waals surface area contributed by atoms with Crippen LogP contribution < -0.4 is 15.8 Å². The van der Waals surface area contributed by atoms with Crippen LogP contribution in [0.15, 0.2) is 24.3 Å². The topological polar surface area (TPSA) is 61.4 Å². The maximum Gasteiger partial charge on any atom is 0.251 e. The second kappa shape index (κ2) is 7.42. The van der Waals surface area contributed by atoms with Gasteiger partial charge in [-0.15, -0.1) is 0 Å². The summed E-state index contributed by atoms with van der Waals surface area (Å²) in [4.78, 5) is 22.0. The van der Waals surface area contributed by atoms with Gasteiger partial charge >= 0.3 is 0 Å². The third-order valence-electron chi connectivity index (χ3n) is 2.97. The van der Waals surface area contributed by atoms with Gasteiger partial charge in [0.2, 0.25) is 8.32 Å². The van der Waals surface area contributed by atoms with E-state index in [2.05, 4.69) is 10.6 Å². The van der Waals surface area contributed by atoms with Crippen molar-refractivity contribution in [2.45, 2.75) is 25.9 Å². The summed E-state index contributed by atoms with van der Waals surface area (Å²) in [5.41, 5.74) is 0.626. The standard InChI is InChI=1S/C14H24N2O2Si/c1-15-9-4-5-10-16-14(17)12-7-6-8-13(11-12)19(2,3)18/h6-8,11,15,18H,4-5,9-10H2,1-3H3,(H,16,17). The highest BCUT2D eigenvalue weighted by Crippen LogP contribution is 2.03. The quantitative estimate of drug-likeness (QED) is 0.512. The molecule has 0 radical (unpaired) electrons. The van der Waals surface area contributed by atoms with Gasteiger partial charge in [0, 0.05) is 12.1 Å². The number of benzene rings is 1. The molecule has 3 N–H and O–H groups in total. The maximum absolute atomic E-state index is 12.0. The second-order valence-electron chi connectivity index (χ2n) is 5.21. The van der Waals surface area contributed by atoms with E-state index >= 15 is 0 Å². The fourth-order valence-electron chi connectivity index (χ4n) is 1.77. The highest BCUT2D eigenvalue weighted by molar-refractivity contribution is 6.83. The minimum atomic E-state index is -2.35. The largest absolute Gasteiger partial charge is 0.428 e. The average Bonchev–Trinajstić information content (AvgIpc) is 2.37. The molecule has 0 fully saturated rings. The highest BCUT2D eigenvalue weighted by Gasteiger charge is 2.20. The van der Waals surface area contributed by atoms with Crippen LogP contribution in [0.25, 0.3) is 0 Å². The van der Waals surface area contributed by atoms with Crippen molar-refractivity contribution in [1.29, 1.82) is 0 Å². The van der Waals surface area contributed by atoms with Gasteiger partial charge in [0.25, 0.3) is 5.91 Å². The third-order valence-corrected chi connectivity index (χ3v) is 4.69. The fourth-order valence-corrected chi connectivity index (χ4v) is 2.78. The molecule has 0 bridgehead atoms. The summed E-state index contributed by atoms with van der Waals surface area (Å²) in [6.07, 6.45) is 2.01. The molecule has 106 valence electrons. The number of amides is 1. The van der Waals surface area contributed by atoms with Crippen molar-refractivity contribution in [2.24, 2.45) is 0 Å². The summed E-state index contributed by atoms with van der Waals surface area (Å²) < 4.78 is 0. The van der Waals surface area contributed by atoms with Crippen LogP contribution in [-0.4, -0.2) is 39.2 Å². The maximum atomic E-state index is 12.0. The minimum absolute atomic E-state index is 0.0652. The number of rotatable bonds is 7. The Labute approximate surface area is 116 Å². The smallest absolute Gasteiger partial charge is 0.251 e. The first-order valence-corrected chi connectivity index (χ1v) is 9.65. The van der Waals surface area contributed by atoms with E-state index in [0.717, 1.165) is 24.6 Å². The number of hydrogen-bond donors (Lipinski definition) is 3. The van der Waals surface area contributed by atoms with E-state index < -0.39 is 8.32 Å². The lowest BCUT2D eigenvalue weighted by Crippen LogP contribution is -2.42. The van der Waals surface area contributed by atoms with Crippen LogP contribution in [-0.2, 0) is 0 Å². The predicted molar refractivity (Wildman–Crippen MR) is 81.3 cm³/mol. The number of carbonyl (C=O) groups excluding carboxylic acids is 1. The zero-order chi connectivity index (χ0) is 14.3. The van der Waals surface area contributed by atoms with Gasteiger partial charge in [-0.2, -0.15) is 0 Å². The van der Waals surface area contributed by atoms with E-state index in [0.29, 0.717) is 12.1 Å². The number of carbonyl (C=O) groups is 1. The Balaban J connectivity index is 2.53. The van der Waals surface area contributed by atoms with E-state index in [1.165, 1.54) is 0 Å². The van der Waals surface area contributed by atoms with E-state index in [1.807, 2.05) is 32.3 Å². The van der Waals surface area contributed by atoms with Crippen molar-refractivity contribution in [2.75, 3.05) is 20.1 Å². The summed E-state index contributed by atoms with van der Waals surface area (Å²) in [5.74, 6) is -0.0652. The first kappa shape index (κ1) is 15.9. The van der Waals surface area contributed by atoms with Crippen LogP contribution >= 0.6 is 0 Å². The van der Waals surface area contributed by atoms with Crippen molar-refractivity contribution >= 4 is 19.4 Å². The molecule has 0 aliphatic heterocycles. The monoisotopic (exact) mass is 280 g/mol. The van der Waals surface area contributed by atoms with Crippen molar-refractivity contribution in [3.63, 3.8) is 0 Å². The van der Waals surface area contributed by atoms with Gasteiger partial charge in [-0.1, -0.05) is 12.1 Å². The molecule has 0 atom stereocenters. The van der Waals surface area contributed by atoms with Gasteiger partial charge < -0.3 is 15.4 Å². The lowest BCUT2D eigenvalue weighted by atomic mass is 10.2. The summed E-state index contributed by atoms with van der Waals surface area (Å²) >= 11 is 0. The zero-order valence-corrected chi connectivity index (χ0v) is 13.0. The highest BCUT2D eigenvalue weighted by atomic mass is 28.4. The van der Waals surface area contributed by atoms with Crippen LogP contribution in [0.1, 0.15) is 23.2 Å². The number of hydrogen-bond acceptors (Lipinski definition) is 3. The Kier molecular flexibility index (Phi) is 6.21. The second-order valence-corrected chi connectivity index (χ2v) is 8.90. The van der Waals surface area contributed by atoms with Crippen LogP contribution in [0.5, 0.6) is 0 Å². The predicted octanol–water partition coefficient (Wildman–Crippen LogP) is 0.820. The molecule has 19 heavy (non-hydrogen) atoms. The van der Waals surface area contributed by atoms with E-state index in [4.69, 9.17) is 0 Å². The molecule has 0 aliphatic carbocycles. The Morgan fingerprint density at radius 3 is 2.58 bits per heavy atom. The summed E-state index contributed by atoms with van der Waals surface area (Å²) in [6, 6.07) is 7.30. The van der Waals surface area contributed by atoms with Crippen LogP contribution in [0.3, 0.4) is 0 Å². The van der Waals surface area contributed by atoms with Gasteiger partial charge in [-0.3, -0.25) is 4.79 Å². The van der Waals surface area contributed by atoms with Crippen molar-refractivity contribution in [3.05, 3.63) is 29.8 Å². The van der Waals surface area contributed by atoms with Gasteiger partial charge in [0.05, 0.1) is 0 Å². The molecular formula is C14H24N2O2Si. The van der Waals surface area contributed by atoms with Gasteiger partial charge in [-0.25, -0.2) is 0 Å². The molecule has 0 spiro atoms. The van der Waals surface area contributed by atoms with Gasteiger partial charge in [-0.05, 0) is 56.8 Å². The van der Waals surface area contributed by atoms with Crippen molar-refractivity contribution < 1.29 is 9.59 Å². The number of unbranched alkanes of at least 4 members (excludes halogenated alkanes) is 1. The molecule has 0 unspecified atom stereocenters. The molecule has 4 nitrogen and oxygen atoms in total. The van der Waals surface area contributed by atoms with Crippen molar-refractivity contribution in [1.82, 2.24) is 10.6 Å². The Morgan fingerprint density at radius 2 is 1.95 bits per heavy atom. The first-order valence-electron chi connectivity index (χ1n) is 6.71. The van der Waals surface area contributed by atoms with Crippen LogP contribution in [0.4, 0.5) is 0 Å². The van der Waals surface area contributed by atoms with Gasteiger partial charge in [0.1, 0.15) is 0 Å². The van der Waals surface area contributed by atoms with E-state index in [1.54, 1.807) is 12.1 Å². The Morgan fingerprint density at radius 1 is 1.26 bits per heavy atom.